The summed E-state index contributed by atoms with van der Waals surface area (Å²) in [5, 5.41) is 0. The van der Waals surface area contributed by atoms with Crippen LogP contribution in [-0.4, -0.2) is 6.04 Å². The first-order chi connectivity index (χ1) is 5.20. The highest BCUT2D eigenvalue weighted by atomic mass is 14.6. The van der Waals surface area contributed by atoms with Crippen molar-refractivity contribution in [3.05, 3.63) is 12.2 Å². The van der Waals surface area contributed by atoms with Crippen LogP contribution in [0.25, 0.3) is 0 Å². The van der Waals surface area contributed by atoms with Crippen molar-refractivity contribution in [2.75, 3.05) is 0 Å². The van der Waals surface area contributed by atoms with Gasteiger partial charge >= 0.3 is 0 Å². The Morgan fingerprint density at radius 2 is 1.91 bits per heavy atom. The molecule has 1 aliphatic carbocycles. The Hall–Kier alpha value is -0.300. The Kier molecular flexibility index (Phi) is 3.13. The predicted octanol–water partition coefficient (Wildman–Crippen LogP) is 2.33. The molecule has 0 aromatic heterocycles. The monoisotopic (exact) mass is 153 g/mol. The molecule has 0 heterocycles. The summed E-state index contributed by atoms with van der Waals surface area (Å²) in [6.07, 6.45) is 8.36. The third-order valence-electron chi connectivity index (χ3n) is 2.62. The van der Waals surface area contributed by atoms with E-state index in [2.05, 4.69) is 26.0 Å². The Labute approximate surface area is 69.7 Å². The summed E-state index contributed by atoms with van der Waals surface area (Å²) >= 11 is 0. The van der Waals surface area contributed by atoms with Crippen LogP contribution in [-0.2, 0) is 0 Å². The van der Waals surface area contributed by atoms with Crippen LogP contribution in [0.2, 0.25) is 0 Å². The molecule has 11 heavy (non-hydrogen) atoms. The lowest BCUT2D eigenvalue weighted by Crippen LogP contribution is -2.27. The highest BCUT2D eigenvalue weighted by Gasteiger charge is 2.12. The molecule has 0 saturated carbocycles. The standard InChI is InChI=1S/C10H19N/c1-8-4-3-5-10(11)9(2)7-6-8/h6-10H,3-5,11H2,1-2H3/t8?,9?,10-/m0/s1. The molecule has 0 aromatic rings. The maximum absolute atomic E-state index is 5.94. The molecule has 0 aromatic carbocycles. The number of rotatable bonds is 0. The second kappa shape index (κ2) is 3.91. The van der Waals surface area contributed by atoms with Gasteiger partial charge in [0.1, 0.15) is 0 Å². The summed E-state index contributed by atoms with van der Waals surface area (Å²) < 4.78 is 0. The predicted molar refractivity (Wildman–Crippen MR) is 49.3 cm³/mol. The van der Waals surface area contributed by atoms with Gasteiger partial charge in [-0.3, -0.25) is 0 Å². The summed E-state index contributed by atoms with van der Waals surface area (Å²) in [6.45, 7) is 4.49. The van der Waals surface area contributed by atoms with Crippen LogP contribution in [0.4, 0.5) is 0 Å². The average Bonchev–Trinajstić information content (AvgIpc) is 1.98. The Morgan fingerprint density at radius 3 is 2.64 bits per heavy atom. The second-order valence-electron chi connectivity index (χ2n) is 3.82. The fourth-order valence-electron chi connectivity index (χ4n) is 1.54. The summed E-state index contributed by atoms with van der Waals surface area (Å²) in [6, 6.07) is 0.388. The van der Waals surface area contributed by atoms with Gasteiger partial charge in [-0.2, -0.15) is 0 Å². The van der Waals surface area contributed by atoms with Gasteiger partial charge in [-0.05, 0) is 24.7 Å². The molecular weight excluding hydrogens is 134 g/mol. The zero-order valence-corrected chi connectivity index (χ0v) is 7.59. The molecule has 0 radical (unpaired) electrons. The van der Waals surface area contributed by atoms with Gasteiger partial charge < -0.3 is 5.73 Å². The van der Waals surface area contributed by atoms with Gasteiger partial charge in [-0.1, -0.05) is 32.4 Å². The van der Waals surface area contributed by atoms with Gasteiger partial charge in [-0.15, -0.1) is 0 Å². The van der Waals surface area contributed by atoms with Crippen LogP contribution in [0, 0.1) is 11.8 Å². The molecule has 0 amide bonds. The van der Waals surface area contributed by atoms with Gasteiger partial charge in [0.05, 0.1) is 0 Å². The lowest BCUT2D eigenvalue weighted by Gasteiger charge is -2.20. The summed E-state index contributed by atoms with van der Waals surface area (Å²) in [7, 11) is 0. The maximum Gasteiger partial charge on any atom is 0.00992 e. The molecule has 0 fully saturated rings. The molecule has 0 spiro atoms. The third-order valence-corrected chi connectivity index (χ3v) is 2.62. The molecule has 1 nitrogen and oxygen atoms in total. The topological polar surface area (TPSA) is 26.0 Å². The zero-order valence-electron chi connectivity index (χ0n) is 7.59. The quantitative estimate of drug-likeness (QED) is 0.531. The Bertz CT molecular complexity index is 140. The molecule has 2 N–H and O–H groups in total. The molecular formula is C10H19N. The summed E-state index contributed by atoms with van der Waals surface area (Å²) in [4.78, 5) is 0. The average molecular weight is 153 g/mol. The SMILES string of the molecule is CC1C=CC(C)[C@@H](N)CCC1. The van der Waals surface area contributed by atoms with Crippen LogP contribution in [0.3, 0.4) is 0 Å². The van der Waals surface area contributed by atoms with E-state index in [1.54, 1.807) is 0 Å². The first kappa shape index (κ1) is 8.79. The second-order valence-corrected chi connectivity index (χ2v) is 3.82. The van der Waals surface area contributed by atoms with Crippen molar-refractivity contribution >= 4 is 0 Å². The van der Waals surface area contributed by atoms with E-state index in [4.69, 9.17) is 5.73 Å². The van der Waals surface area contributed by atoms with Crippen molar-refractivity contribution in [2.24, 2.45) is 17.6 Å². The van der Waals surface area contributed by atoms with Gasteiger partial charge in [0.15, 0.2) is 0 Å². The molecule has 1 aliphatic rings. The van der Waals surface area contributed by atoms with Crippen LogP contribution in [0.1, 0.15) is 33.1 Å². The van der Waals surface area contributed by atoms with Gasteiger partial charge in [0.25, 0.3) is 0 Å². The molecule has 2 unspecified atom stereocenters. The van der Waals surface area contributed by atoms with Crippen LogP contribution < -0.4 is 5.73 Å². The smallest absolute Gasteiger partial charge is 0.00992 e. The van der Waals surface area contributed by atoms with Crippen molar-refractivity contribution in [2.45, 2.75) is 39.2 Å². The largest absolute Gasteiger partial charge is 0.327 e. The van der Waals surface area contributed by atoms with E-state index < -0.39 is 0 Å². The fourth-order valence-corrected chi connectivity index (χ4v) is 1.54. The fraction of sp³-hybridized carbons (Fsp3) is 0.800. The van der Waals surface area contributed by atoms with Gasteiger partial charge in [0.2, 0.25) is 0 Å². The minimum absolute atomic E-state index is 0.388. The molecule has 0 aliphatic heterocycles. The van der Waals surface area contributed by atoms with E-state index in [1.165, 1.54) is 19.3 Å². The Morgan fingerprint density at radius 1 is 1.18 bits per heavy atom. The zero-order chi connectivity index (χ0) is 8.27. The third kappa shape index (κ3) is 2.66. The van der Waals surface area contributed by atoms with E-state index in [0.29, 0.717) is 12.0 Å². The Balaban J connectivity index is 2.53. The van der Waals surface area contributed by atoms with E-state index in [1.807, 2.05) is 0 Å². The van der Waals surface area contributed by atoms with E-state index in [0.717, 1.165) is 5.92 Å². The van der Waals surface area contributed by atoms with E-state index in [-0.39, 0.29) is 0 Å². The minimum Gasteiger partial charge on any atom is -0.327 e. The van der Waals surface area contributed by atoms with Gasteiger partial charge in [0, 0.05) is 6.04 Å². The number of nitrogens with two attached hydrogens (primary N) is 1. The van der Waals surface area contributed by atoms with Crippen molar-refractivity contribution < 1.29 is 0 Å². The molecule has 1 rings (SSSR count). The van der Waals surface area contributed by atoms with Crippen molar-refractivity contribution in [3.63, 3.8) is 0 Å². The van der Waals surface area contributed by atoms with Crippen molar-refractivity contribution in [1.82, 2.24) is 0 Å². The molecule has 1 heteroatoms. The summed E-state index contributed by atoms with van der Waals surface area (Å²) in [5.41, 5.74) is 5.94. The molecule has 0 saturated heterocycles. The normalized spacial score (nSPS) is 39.7. The lowest BCUT2D eigenvalue weighted by atomic mass is 9.90. The molecule has 3 atom stereocenters. The molecule has 0 bridgehead atoms. The van der Waals surface area contributed by atoms with Crippen LogP contribution in [0.15, 0.2) is 12.2 Å². The highest BCUT2D eigenvalue weighted by molar-refractivity contribution is 4.95. The van der Waals surface area contributed by atoms with Crippen molar-refractivity contribution in [3.8, 4) is 0 Å². The summed E-state index contributed by atoms with van der Waals surface area (Å²) in [5.74, 6) is 1.32. The van der Waals surface area contributed by atoms with Crippen LogP contribution in [0.5, 0.6) is 0 Å². The lowest BCUT2D eigenvalue weighted by molar-refractivity contribution is 0.443. The van der Waals surface area contributed by atoms with Crippen molar-refractivity contribution in [1.29, 1.82) is 0 Å². The number of hydrogen-bond acceptors (Lipinski definition) is 1. The number of allylic oxidation sites excluding steroid dienone is 1. The number of hydrogen-bond donors (Lipinski definition) is 1. The minimum atomic E-state index is 0.388. The van der Waals surface area contributed by atoms with Crippen LogP contribution >= 0.6 is 0 Å². The van der Waals surface area contributed by atoms with Gasteiger partial charge in [-0.25, -0.2) is 0 Å². The molecule has 64 valence electrons. The highest BCUT2D eigenvalue weighted by Crippen LogP contribution is 2.18. The van der Waals surface area contributed by atoms with E-state index in [9.17, 15) is 0 Å². The first-order valence-electron chi connectivity index (χ1n) is 4.64. The maximum atomic E-state index is 5.94. The first-order valence-corrected chi connectivity index (χ1v) is 4.64. The van der Waals surface area contributed by atoms with E-state index >= 15 is 0 Å².